The zero-order chi connectivity index (χ0) is 26.1. The average Bonchev–Trinajstić information content (AvgIpc) is 3.20. The van der Waals surface area contributed by atoms with Gasteiger partial charge in [-0.15, -0.1) is 0 Å². The predicted molar refractivity (Wildman–Crippen MR) is 110 cm³/mol. The molecule has 2 unspecified atom stereocenters. The van der Waals surface area contributed by atoms with Crippen molar-refractivity contribution in [3.05, 3.63) is 30.1 Å². The van der Waals surface area contributed by atoms with Crippen LogP contribution in [0.1, 0.15) is 23.5 Å². The van der Waals surface area contributed by atoms with Crippen LogP contribution in [0, 0.1) is 0 Å². The van der Waals surface area contributed by atoms with Crippen molar-refractivity contribution in [1.82, 2.24) is 0 Å². The smallest absolute Gasteiger partial charge is 0.388 e. The maximum atomic E-state index is 12.1. The van der Waals surface area contributed by atoms with Gasteiger partial charge in [0, 0.05) is 6.07 Å². The van der Waals surface area contributed by atoms with Gasteiger partial charge < -0.3 is 45.4 Å². The molecule has 0 spiro atoms. The molecule has 2 aliphatic rings. The number of nitrogens with two attached hydrogens (primary N) is 1. The molecule has 1 amide bonds. The Morgan fingerprint density at radius 3 is 2.06 bits per heavy atom. The van der Waals surface area contributed by atoms with Crippen LogP contribution in [0.15, 0.2) is 24.5 Å². The molecule has 0 aromatic carbocycles. The highest BCUT2D eigenvalue weighted by molar-refractivity contribution is 7.61. The number of primary amides is 1. The van der Waals surface area contributed by atoms with Crippen LogP contribution in [0.3, 0.4) is 0 Å². The minimum absolute atomic E-state index is 0.0870. The maximum absolute atomic E-state index is 12.1. The molecular formula is C17H27N2O14P2+. The van der Waals surface area contributed by atoms with E-state index in [1.807, 2.05) is 0 Å². The van der Waals surface area contributed by atoms with Gasteiger partial charge in [0.1, 0.15) is 36.1 Å². The Labute approximate surface area is 198 Å². The van der Waals surface area contributed by atoms with Crippen LogP contribution in [-0.2, 0) is 32.0 Å². The number of hydrogen-bond acceptors (Lipinski definition) is 12. The Morgan fingerprint density at radius 2 is 1.54 bits per heavy atom. The average molecular weight is 545 g/mol. The van der Waals surface area contributed by atoms with Crippen molar-refractivity contribution in [2.45, 2.75) is 55.9 Å². The van der Waals surface area contributed by atoms with Gasteiger partial charge >= 0.3 is 15.6 Å². The molecular weight excluding hydrogens is 518 g/mol. The summed E-state index contributed by atoms with van der Waals surface area (Å²) < 4.78 is 49.3. The topological polar surface area (TPSA) is 249 Å². The van der Waals surface area contributed by atoms with E-state index >= 15 is 0 Å². The van der Waals surface area contributed by atoms with Gasteiger partial charge in [-0.3, -0.25) is 13.8 Å². The molecule has 35 heavy (non-hydrogen) atoms. The van der Waals surface area contributed by atoms with E-state index in [-0.39, 0.29) is 5.56 Å². The quantitative estimate of drug-likeness (QED) is 0.118. The van der Waals surface area contributed by atoms with Gasteiger partial charge in [-0.2, -0.15) is 8.88 Å². The van der Waals surface area contributed by atoms with Gasteiger partial charge in [-0.05, 0) is 13.0 Å². The van der Waals surface area contributed by atoms with E-state index in [1.165, 1.54) is 36.0 Å². The lowest BCUT2D eigenvalue weighted by atomic mass is 10.1. The summed E-state index contributed by atoms with van der Waals surface area (Å²) in [6, 6.07) is 2.85. The van der Waals surface area contributed by atoms with Crippen molar-refractivity contribution in [1.29, 1.82) is 0 Å². The Balaban J connectivity index is 1.55. The fourth-order valence-corrected chi connectivity index (χ4v) is 5.59. The molecule has 2 aliphatic heterocycles. The zero-order valence-corrected chi connectivity index (χ0v) is 20.0. The number of nitrogens with zero attached hydrogens (tertiary/aromatic N) is 1. The Hall–Kier alpha value is -1.36. The van der Waals surface area contributed by atoms with Crippen LogP contribution in [0.2, 0.25) is 0 Å². The monoisotopic (exact) mass is 545 g/mol. The first kappa shape index (κ1) is 28.2. The molecule has 0 saturated carbocycles. The van der Waals surface area contributed by atoms with Gasteiger partial charge in [-0.25, -0.2) is 9.13 Å². The van der Waals surface area contributed by atoms with E-state index in [0.717, 1.165) is 0 Å². The van der Waals surface area contributed by atoms with Crippen LogP contribution in [-0.4, -0.2) is 92.1 Å². The number of phosphoric acid groups is 2. The van der Waals surface area contributed by atoms with Gasteiger partial charge in [-0.1, -0.05) is 0 Å². The van der Waals surface area contributed by atoms with Crippen LogP contribution in [0.4, 0.5) is 0 Å². The van der Waals surface area contributed by atoms with E-state index in [4.69, 9.17) is 15.2 Å². The molecule has 0 aliphatic carbocycles. The SMILES string of the molecule is C[C@@H]1O[C@H](COP(=O)(O)OP(=O)(O)OC[C@H]2O[C@@H]([n+]3cccc(C(N)=O)c3)[C@H](O)[C@@H]2O)[C@@H](O)[C@H]1O. The second kappa shape index (κ2) is 10.9. The number of rotatable bonds is 10. The van der Waals surface area contributed by atoms with Gasteiger partial charge in [0.25, 0.3) is 12.1 Å². The Kier molecular flexibility index (Phi) is 8.82. The molecule has 10 atom stereocenters. The van der Waals surface area contributed by atoms with E-state index in [2.05, 4.69) is 13.4 Å². The Morgan fingerprint density at radius 1 is 1.00 bits per heavy atom. The third-order valence-corrected chi connectivity index (χ3v) is 7.95. The summed E-state index contributed by atoms with van der Waals surface area (Å²) in [5.41, 5.74) is 5.30. The number of phosphoric ester groups is 2. The van der Waals surface area contributed by atoms with Crippen LogP contribution in [0.25, 0.3) is 0 Å². The molecule has 198 valence electrons. The number of carbonyl (C=O) groups is 1. The van der Waals surface area contributed by atoms with Gasteiger partial charge in [0.15, 0.2) is 18.5 Å². The first-order chi connectivity index (χ1) is 16.2. The van der Waals surface area contributed by atoms with Crippen LogP contribution in [0.5, 0.6) is 0 Å². The molecule has 0 radical (unpaired) electrons. The lowest BCUT2D eigenvalue weighted by Gasteiger charge is -2.20. The van der Waals surface area contributed by atoms with E-state index in [1.54, 1.807) is 0 Å². The summed E-state index contributed by atoms with van der Waals surface area (Å²) in [7, 11) is -10.5. The van der Waals surface area contributed by atoms with Crippen molar-refractivity contribution in [2.75, 3.05) is 13.2 Å². The number of aromatic nitrogens is 1. The fraction of sp³-hybridized carbons (Fsp3) is 0.647. The van der Waals surface area contributed by atoms with Gasteiger partial charge in [0.05, 0.1) is 19.3 Å². The second-order valence-electron chi connectivity index (χ2n) is 7.92. The summed E-state index contributed by atoms with van der Waals surface area (Å²) in [5, 5.41) is 39.9. The summed E-state index contributed by atoms with van der Waals surface area (Å²) in [6.45, 7) is -0.157. The molecule has 2 saturated heterocycles. The van der Waals surface area contributed by atoms with Crippen molar-refractivity contribution in [3.8, 4) is 0 Å². The highest BCUT2D eigenvalue weighted by Gasteiger charge is 2.50. The highest BCUT2D eigenvalue weighted by Crippen LogP contribution is 2.60. The third-order valence-electron chi connectivity index (χ3n) is 5.35. The number of ether oxygens (including phenoxy) is 2. The normalized spacial score (nSPS) is 36.5. The van der Waals surface area contributed by atoms with E-state index in [0.29, 0.717) is 0 Å². The first-order valence-electron chi connectivity index (χ1n) is 10.2. The molecule has 1 aromatic heterocycles. The Bertz CT molecular complexity index is 1010. The van der Waals surface area contributed by atoms with Crippen molar-refractivity contribution >= 4 is 21.6 Å². The minimum Gasteiger partial charge on any atom is -0.388 e. The largest absolute Gasteiger partial charge is 0.481 e. The lowest BCUT2D eigenvalue weighted by Crippen LogP contribution is -2.46. The number of amides is 1. The number of pyridine rings is 1. The second-order valence-corrected chi connectivity index (χ2v) is 11.0. The lowest BCUT2D eigenvalue weighted by molar-refractivity contribution is -0.765. The predicted octanol–water partition coefficient (Wildman–Crippen LogP) is -2.55. The maximum Gasteiger partial charge on any atom is 0.481 e. The molecule has 16 nitrogen and oxygen atoms in total. The third kappa shape index (κ3) is 6.90. The van der Waals surface area contributed by atoms with Gasteiger partial charge in [0.2, 0.25) is 0 Å². The fourth-order valence-electron chi connectivity index (χ4n) is 3.49. The van der Waals surface area contributed by atoms with Crippen molar-refractivity contribution < 1.29 is 71.5 Å². The molecule has 3 heterocycles. The standard InChI is InChI=1S/C17H26N2O14P2/c1-8-12(20)13(21)10(31-8)6-29-34(25,26)33-35(27,28)30-7-11-14(22)15(23)17(32-11)19-4-2-3-9(5-19)16(18)24/h2-5,8,10-15,17,20-23H,6-7H2,1H3,(H3-,18,24,25,26,27,28)/p+1/t8-,10+,11+,12-,13+,14+,15+,17+/m0/s1. The summed E-state index contributed by atoms with van der Waals surface area (Å²) in [4.78, 5) is 30.9. The van der Waals surface area contributed by atoms with Crippen molar-refractivity contribution in [2.24, 2.45) is 5.73 Å². The van der Waals surface area contributed by atoms with E-state index < -0.39 is 83.7 Å². The molecule has 2 fully saturated rings. The molecule has 0 bridgehead atoms. The number of aliphatic hydroxyl groups excluding tert-OH is 4. The zero-order valence-electron chi connectivity index (χ0n) is 18.2. The van der Waals surface area contributed by atoms with Crippen LogP contribution >= 0.6 is 15.6 Å². The molecule has 18 heteroatoms. The molecule has 1 aromatic rings. The summed E-state index contributed by atoms with van der Waals surface area (Å²) in [5.74, 6) is -0.749. The highest BCUT2D eigenvalue weighted by atomic mass is 31.3. The number of aliphatic hydroxyl groups is 4. The molecule has 3 rings (SSSR count). The first-order valence-corrected chi connectivity index (χ1v) is 13.2. The number of hydrogen-bond donors (Lipinski definition) is 7. The summed E-state index contributed by atoms with van der Waals surface area (Å²) >= 11 is 0. The van der Waals surface area contributed by atoms with E-state index in [9.17, 15) is 44.1 Å². The molecule has 8 N–H and O–H groups in total. The summed E-state index contributed by atoms with van der Waals surface area (Å²) in [6.07, 6.45) is -7.75. The van der Waals surface area contributed by atoms with Crippen molar-refractivity contribution in [3.63, 3.8) is 0 Å². The number of carbonyl (C=O) groups excluding carboxylic acids is 1. The minimum atomic E-state index is -5.26. The van der Waals surface area contributed by atoms with Crippen LogP contribution < -0.4 is 10.3 Å².